The number of carbonyl (C=O) groups is 1. The molecule has 2 aromatic carbocycles. The largest absolute Gasteiger partial charge is 0.324 e. The number of aryl methyl sites for hydroxylation is 2. The van der Waals surface area contributed by atoms with Gasteiger partial charge in [-0.25, -0.2) is 17.5 Å². The summed E-state index contributed by atoms with van der Waals surface area (Å²) in [6.45, 7) is 3.19. The first-order valence-electron chi connectivity index (χ1n) is 8.63. The van der Waals surface area contributed by atoms with E-state index in [0.717, 1.165) is 40.1 Å². The molecule has 0 aliphatic carbocycles. The number of halogens is 1. The van der Waals surface area contributed by atoms with Crippen molar-refractivity contribution in [2.24, 2.45) is 0 Å². The molecule has 150 valence electrons. The average molecular weight is 415 g/mol. The number of sulfone groups is 1. The van der Waals surface area contributed by atoms with E-state index in [1.807, 2.05) is 32.0 Å². The first kappa shape index (κ1) is 20.4. The highest BCUT2D eigenvalue weighted by Gasteiger charge is 2.21. The number of hydrogen-bond acceptors (Lipinski definition) is 5. The Morgan fingerprint density at radius 2 is 1.72 bits per heavy atom. The van der Waals surface area contributed by atoms with Crippen LogP contribution in [-0.4, -0.2) is 24.1 Å². The van der Waals surface area contributed by atoms with Crippen molar-refractivity contribution in [3.63, 3.8) is 0 Å². The van der Waals surface area contributed by atoms with Crippen LogP contribution in [0.5, 0.6) is 0 Å². The highest BCUT2D eigenvalue weighted by atomic mass is 32.2. The molecular weight excluding hydrogens is 397 g/mol. The molecule has 1 heterocycles. The molecule has 0 unspecified atom stereocenters. The minimum absolute atomic E-state index is 0.296. The van der Waals surface area contributed by atoms with Gasteiger partial charge >= 0.3 is 0 Å². The van der Waals surface area contributed by atoms with Crippen LogP contribution >= 0.6 is 0 Å². The molecule has 0 aliphatic rings. The van der Waals surface area contributed by atoms with Gasteiger partial charge in [0.15, 0.2) is 5.03 Å². The number of para-hydroxylation sites is 1. The summed E-state index contributed by atoms with van der Waals surface area (Å²) in [5.41, 5.74) is 1.68. The Morgan fingerprint density at radius 1 is 1.07 bits per heavy atom. The van der Waals surface area contributed by atoms with Gasteiger partial charge in [-0.15, -0.1) is 0 Å². The monoisotopic (exact) mass is 415 g/mol. The number of nitrogens with zero attached hydrogens (tertiary/aromatic N) is 2. The van der Waals surface area contributed by atoms with Gasteiger partial charge in [0.05, 0.1) is 4.90 Å². The van der Waals surface area contributed by atoms with E-state index >= 15 is 0 Å². The Balaban J connectivity index is 1.90. The maximum absolute atomic E-state index is 13.4. The number of rotatable bonds is 5. The quantitative estimate of drug-likeness (QED) is 0.690. The molecule has 1 aromatic heterocycles. The predicted octanol–water partition coefficient (Wildman–Crippen LogP) is 2.47. The molecule has 7 nitrogen and oxygen atoms in total. The van der Waals surface area contributed by atoms with E-state index in [1.54, 1.807) is 0 Å². The summed E-state index contributed by atoms with van der Waals surface area (Å²) in [6.07, 6.45) is 0. The molecule has 0 fully saturated rings. The molecular formula is C20H18FN3O4S. The predicted molar refractivity (Wildman–Crippen MR) is 105 cm³/mol. The second-order valence-corrected chi connectivity index (χ2v) is 8.34. The minimum Gasteiger partial charge on any atom is -0.324 e. The lowest BCUT2D eigenvalue weighted by molar-refractivity contribution is -0.117. The van der Waals surface area contributed by atoms with Crippen LogP contribution in [0.3, 0.4) is 0 Å². The van der Waals surface area contributed by atoms with Crippen LogP contribution in [0.25, 0.3) is 0 Å². The number of anilines is 1. The van der Waals surface area contributed by atoms with Gasteiger partial charge in [-0.1, -0.05) is 24.3 Å². The van der Waals surface area contributed by atoms with Crippen LogP contribution in [0.4, 0.5) is 10.1 Å². The maximum atomic E-state index is 13.4. The zero-order valence-corrected chi connectivity index (χ0v) is 16.5. The molecule has 0 atom stereocenters. The molecule has 29 heavy (non-hydrogen) atoms. The van der Waals surface area contributed by atoms with E-state index in [1.165, 1.54) is 12.1 Å². The lowest BCUT2D eigenvalue weighted by Crippen LogP contribution is -2.30. The van der Waals surface area contributed by atoms with Crippen LogP contribution in [0.1, 0.15) is 11.1 Å². The van der Waals surface area contributed by atoms with Crippen molar-refractivity contribution >= 4 is 21.4 Å². The Bertz CT molecular complexity index is 1230. The zero-order chi connectivity index (χ0) is 21.2. The van der Waals surface area contributed by atoms with Gasteiger partial charge in [0.25, 0.3) is 5.56 Å². The fourth-order valence-corrected chi connectivity index (χ4v) is 3.99. The topological polar surface area (TPSA) is 98.1 Å². The van der Waals surface area contributed by atoms with Crippen molar-refractivity contribution in [3.8, 4) is 0 Å². The lowest BCUT2D eigenvalue weighted by Gasteiger charge is -2.12. The molecule has 0 bridgehead atoms. The van der Waals surface area contributed by atoms with Gasteiger partial charge in [-0.05, 0) is 49.2 Å². The lowest BCUT2D eigenvalue weighted by atomic mass is 10.1. The Labute approximate surface area is 166 Å². The highest BCUT2D eigenvalue weighted by Crippen LogP contribution is 2.20. The van der Waals surface area contributed by atoms with Gasteiger partial charge < -0.3 is 5.32 Å². The molecule has 0 saturated heterocycles. The number of hydrogen-bond donors (Lipinski definition) is 1. The van der Waals surface area contributed by atoms with Crippen LogP contribution in [-0.2, 0) is 21.2 Å². The summed E-state index contributed by atoms with van der Waals surface area (Å²) in [6, 6.07) is 12.0. The fraction of sp³-hybridized carbons (Fsp3) is 0.150. The average Bonchev–Trinajstić information content (AvgIpc) is 2.66. The second kappa shape index (κ2) is 7.96. The molecule has 0 spiro atoms. The summed E-state index contributed by atoms with van der Waals surface area (Å²) in [4.78, 5) is 24.2. The second-order valence-electron chi connectivity index (χ2n) is 6.44. The molecule has 9 heteroatoms. The first-order chi connectivity index (χ1) is 13.7. The third kappa shape index (κ3) is 4.40. The molecule has 1 N–H and O–H groups in total. The standard InChI is InChI=1S/C20H18FN3O4S/c1-13-5-3-6-14(2)20(13)22-17(25)12-24-19(26)10-9-18(23-24)29(27,28)16-8-4-7-15(21)11-16/h3-11H,12H2,1-2H3,(H,22,25). The molecule has 0 aliphatic heterocycles. The maximum Gasteiger partial charge on any atom is 0.267 e. The van der Waals surface area contributed by atoms with E-state index in [9.17, 15) is 22.4 Å². The van der Waals surface area contributed by atoms with Gasteiger partial charge in [0.1, 0.15) is 12.4 Å². The highest BCUT2D eigenvalue weighted by molar-refractivity contribution is 7.91. The van der Waals surface area contributed by atoms with Crippen LogP contribution in [0, 0.1) is 19.7 Å². The van der Waals surface area contributed by atoms with E-state index in [4.69, 9.17) is 0 Å². The number of benzene rings is 2. The van der Waals surface area contributed by atoms with Crippen LogP contribution < -0.4 is 10.9 Å². The molecule has 0 radical (unpaired) electrons. The van der Waals surface area contributed by atoms with E-state index in [2.05, 4.69) is 10.4 Å². The molecule has 0 saturated carbocycles. The van der Waals surface area contributed by atoms with Crippen molar-refractivity contribution in [2.45, 2.75) is 30.3 Å². The van der Waals surface area contributed by atoms with Gasteiger partial charge in [0.2, 0.25) is 15.7 Å². The summed E-state index contributed by atoms with van der Waals surface area (Å²) in [5.74, 6) is -1.25. The Hall–Kier alpha value is -3.33. The Morgan fingerprint density at radius 3 is 2.38 bits per heavy atom. The summed E-state index contributed by atoms with van der Waals surface area (Å²) >= 11 is 0. The number of amides is 1. The van der Waals surface area contributed by atoms with E-state index < -0.39 is 38.7 Å². The summed E-state index contributed by atoms with van der Waals surface area (Å²) in [5, 5.41) is 6.07. The summed E-state index contributed by atoms with van der Waals surface area (Å²) < 4.78 is 39.5. The van der Waals surface area contributed by atoms with Crippen molar-refractivity contribution in [1.29, 1.82) is 0 Å². The molecule has 3 rings (SSSR count). The van der Waals surface area contributed by atoms with Crippen molar-refractivity contribution < 1.29 is 17.6 Å². The van der Waals surface area contributed by atoms with Crippen molar-refractivity contribution in [2.75, 3.05) is 5.32 Å². The van der Waals surface area contributed by atoms with Crippen LogP contribution in [0.15, 0.2) is 69.3 Å². The third-order valence-corrected chi connectivity index (χ3v) is 5.91. The normalized spacial score (nSPS) is 11.3. The van der Waals surface area contributed by atoms with Gasteiger partial charge in [0, 0.05) is 11.8 Å². The van der Waals surface area contributed by atoms with Gasteiger partial charge in [-0.3, -0.25) is 9.59 Å². The Kier molecular flexibility index (Phi) is 5.60. The zero-order valence-electron chi connectivity index (χ0n) is 15.7. The van der Waals surface area contributed by atoms with Gasteiger partial charge in [-0.2, -0.15) is 5.10 Å². The fourth-order valence-electron chi connectivity index (χ4n) is 2.77. The third-order valence-electron chi connectivity index (χ3n) is 4.26. The van der Waals surface area contributed by atoms with E-state index in [-0.39, 0.29) is 4.90 Å². The first-order valence-corrected chi connectivity index (χ1v) is 10.1. The van der Waals surface area contributed by atoms with Crippen molar-refractivity contribution in [3.05, 3.63) is 81.9 Å². The molecule has 3 aromatic rings. The number of carbonyl (C=O) groups excluding carboxylic acids is 1. The molecule has 1 amide bonds. The smallest absolute Gasteiger partial charge is 0.267 e. The van der Waals surface area contributed by atoms with E-state index in [0.29, 0.717) is 5.69 Å². The van der Waals surface area contributed by atoms with Crippen molar-refractivity contribution in [1.82, 2.24) is 9.78 Å². The van der Waals surface area contributed by atoms with Crippen LogP contribution in [0.2, 0.25) is 0 Å². The minimum atomic E-state index is -4.15. The summed E-state index contributed by atoms with van der Waals surface area (Å²) in [7, 11) is -4.15. The number of nitrogens with one attached hydrogen (secondary N) is 1. The SMILES string of the molecule is Cc1cccc(C)c1NC(=O)Cn1nc(S(=O)(=O)c2cccc(F)c2)ccc1=O. The number of aromatic nitrogens is 2.